The van der Waals surface area contributed by atoms with E-state index in [2.05, 4.69) is 21.7 Å². The van der Waals surface area contributed by atoms with E-state index in [1.54, 1.807) is 7.11 Å². The molecule has 0 aliphatic rings. The molecular formula is C16H17N3O. The zero-order chi connectivity index (χ0) is 13.9. The van der Waals surface area contributed by atoms with Crippen LogP contribution in [-0.4, -0.2) is 16.7 Å². The predicted molar refractivity (Wildman–Crippen MR) is 80.4 cm³/mol. The minimum atomic E-state index is 0.474. The summed E-state index contributed by atoms with van der Waals surface area (Å²) < 4.78 is 7.36. The Morgan fingerprint density at radius 3 is 2.65 bits per heavy atom. The lowest BCUT2D eigenvalue weighted by molar-refractivity contribution is 0.132. The highest BCUT2D eigenvalue weighted by Gasteiger charge is 2.12. The van der Waals surface area contributed by atoms with Crippen molar-refractivity contribution in [2.24, 2.45) is 0 Å². The van der Waals surface area contributed by atoms with Crippen molar-refractivity contribution in [2.75, 3.05) is 12.8 Å². The summed E-state index contributed by atoms with van der Waals surface area (Å²) in [6.45, 7) is 0.474. The maximum atomic E-state index is 6.01. The summed E-state index contributed by atoms with van der Waals surface area (Å²) in [6.07, 6.45) is 0.762. The largest absolute Gasteiger partial charge is 0.397 e. The molecule has 0 saturated heterocycles. The summed E-state index contributed by atoms with van der Waals surface area (Å²) in [4.78, 5) is 4.68. The Balaban J connectivity index is 2.09. The molecule has 0 bridgehead atoms. The molecule has 0 fully saturated rings. The van der Waals surface area contributed by atoms with Gasteiger partial charge in [0, 0.05) is 13.5 Å². The lowest BCUT2D eigenvalue weighted by Crippen LogP contribution is -2.06. The molecule has 0 spiro atoms. The van der Waals surface area contributed by atoms with Crippen LogP contribution in [0.2, 0.25) is 0 Å². The number of nitrogens with zero attached hydrogens (tertiary/aromatic N) is 2. The second kappa shape index (κ2) is 5.35. The molecule has 0 atom stereocenters. The van der Waals surface area contributed by atoms with Crippen LogP contribution in [0.1, 0.15) is 11.4 Å². The summed E-state index contributed by atoms with van der Waals surface area (Å²) in [6, 6.07) is 16.1. The molecule has 0 unspecified atom stereocenters. The minimum absolute atomic E-state index is 0.474. The quantitative estimate of drug-likeness (QED) is 0.739. The van der Waals surface area contributed by atoms with Crippen LogP contribution < -0.4 is 5.73 Å². The van der Waals surface area contributed by atoms with Gasteiger partial charge in [0.25, 0.3) is 0 Å². The first-order chi connectivity index (χ1) is 9.79. The second-order valence-electron chi connectivity index (χ2n) is 4.75. The number of nitrogen functional groups attached to an aromatic ring is 1. The zero-order valence-corrected chi connectivity index (χ0v) is 11.4. The van der Waals surface area contributed by atoms with Gasteiger partial charge < -0.3 is 15.0 Å². The van der Waals surface area contributed by atoms with E-state index in [0.29, 0.717) is 12.4 Å². The Labute approximate surface area is 117 Å². The molecular weight excluding hydrogens is 250 g/mol. The number of nitrogens with two attached hydrogens (primary N) is 1. The number of ether oxygens (including phenoxy) is 1. The Hall–Kier alpha value is -2.33. The van der Waals surface area contributed by atoms with E-state index in [1.807, 2.05) is 36.4 Å². The molecule has 0 aliphatic carbocycles. The summed E-state index contributed by atoms with van der Waals surface area (Å²) in [5.41, 5.74) is 9.79. The van der Waals surface area contributed by atoms with Gasteiger partial charge in [0.1, 0.15) is 18.1 Å². The first-order valence-electron chi connectivity index (χ1n) is 6.56. The minimum Gasteiger partial charge on any atom is -0.397 e. The third-order valence-corrected chi connectivity index (χ3v) is 3.35. The van der Waals surface area contributed by atoms with E-state index in [1.165, 1.54) is 5.56 Å². The highest BCUT2D eigenvalue weighted by Crippen LogP contribution is 2.23. The number of imidazole rings is 1. The van der Waals surface area contributed by atoms with Crippen molar-refractivity contribution in [3.05, 3.63) is 59.9 Å². The van der Waals surface area contributed by atoms with Crippen LogP contribution >= 0.6 is 0 Å². The fourth-order valence-electron chi connectivity index (χ4n) is 2.40. The summed E-state index contributed by atoms with van der Waals surface area (Å²) in [7, 11) is 1.68. The zero-order valence-electron chi connectivity index (χ0n) is 11.4. The Morgan fingerprint density at radius 2 is 1.90 bits per heavy atom. The van der Waals surface area contributed by atoms with Gasteiger partial charge in [0.2, 0.25) is 0 Å². The fourth-order valence-corrected chi connectivity index (χ4v) is 2.40. The van der Waals surface area contributed by atoms with Crippen molar-refractivity contribution in [1.82, 2.24) is 9.55 Å². The normalized spacial score (nSPS) is 11.1. The van der Waals surface area contributed by atoms with Crippen LogP contribution in [0.15, 0.2) is 48.5 Å². The molecule has 0 saturated carbocycles. The lowest BCUT2D eigenvalue weighted by Gasteiger charge is -2.07. The van der Waals surface area contributed by atoms with Crippen LogP contribution in [0.4, 0.5) is 5.69 Å². The smallest absolute Gasteiger partial charge is 0.124 e. The molecule has 0 amide bonds. The van der Waals surface area contributed by atoms with Crippen LogP contribution in [0, 0.1) is 0 Å². The highest BCUT2D eigenvalue weighted by atomic mass is 16.5. The van der Waals surface area contributed by atoms with Gasteiger partial charge in [-0.25, -0.2) is 4.98 Å². The Morgan fingerprint density at radius 1 is 1.10 bits per heavy atom. The van der Waals surface area contributed by atoms with E-state index in [-0.39, 0.29) is 0 Å². The third kappa shape index (κ3) is 2.26. The van der Waals surface area contributed by atoms with Crippen molar-refractivity contribution in [2.45, 2.75) is 13.2 Å². The molecule has 4 nitrogen and oxygen atoms in total. The molecule has 3 rings (SSSR count). The maximum absolute atomic E-state index is 6.01. The molecule has 2 aromatic carbocycles. The molecule has 20 heavy (non-hydrogen) atoms. The summed E-state index contributed by atoms with van der Waals surface area (Å²) in [5, 5.41) is 0. The number of benzene rings is 2. The van der Waals surface area contributed by atoms with Crippen molar-refractivity contribution in [1.29, 1.82) is 0 Å². The SMILES string of the molecule is COCn1c(Cc2ccccc2)nc2c(N)cccc21. The van der Waals surface area contributed by atoms with Crippen LogP contribution in [0.3, 0.4) is 0 Å². The molecule has 0 aliphatic heterocycles. The number of hydrogen-bond acceptors (Lipinski definition) is 3. The van der Waals surface area contributed by atoms with E-state index >= 15 is 0 Å². The van der Waals surface area contributed by atoms with Crippen molar-refractivity contribution < 1.29 is 4.74 Å². The second-order valence-corrected chi connectivity index (χ2v) is 4.75. The average molecular weight is 267 g/mol. The van der Waals surface area contributed by atoms with Crippen LogP contribution in [-0.2, 0) is 17.9 Å². The van der Waals surface area contributed by atoms with E-state index in [9.17, 15) is 0 Å². The molecule has 1 aromatic heterocycles. The number of aromatic nitrogens is 2. The number of methoxy groups -OCH3 is 1. The number of rotatable bonds is 4. The Kier molecular flexibility index (Phi) is 3.39. The molecule has 4 heteroatoms. The lowest BCUT2D eigenvalue weighted by atomic mass is 10.1. The van der Waals surface area contributed by atoms with Gasteiger partial charge in [-0.1, -0.05) is 36.4 Å². The maximum Gasteiger partial charge on any atom is 0.124 e. The highest BCUT2D eigenvalue weighted by molar-refractivity contribution is 5.87. The predicted octanol–water partition coefficient (Wildman–Crippen LogP) is 2.81. The summed E-state index contributed by atoms with van der Waals surface area (Å²) in [5.74, 6) is 0.964. The third-order valence-electron chi connectivity index (χ3n) is 3.35. The van der Waals surface area contributed by atoms with Crippen molar-refractivity contribution in [3.63, 3.8) is 0 Å². The number of anilines is 1. The molecule has 2 N–H and O–H groups in total. The summed E-state index contributed by atoms with van der Waals surface area (Å²) >= 11 is 0. The van der Waals surface area contributed by atoms with Gasteiger partial charge in [-0.2, -0.15) is 0 Å². The van der Waals surface area contributed by atoms with Gasteiger partial charge in [-0.15, -0.1) is 0 Å². The number of hydrogen-bond donors (Lipinski definition) is 1. The first-order valence-corrected chi connectivity index (χ1v) is 6.56. The van der Waals surface area contributed by atoms with E-state index < -0.39 is 0 Å². The van der Waals surface area contributed by atoms with Gasteiger partial charge >= 0.3 is 0 Å². The van der Waals surface area contributed by atoms with E-state index in [0.717, 1.165) is 23.3 Å². The standard InChI is InChI=1S/C16H17N3O/c1-20-11-19-14-9-5-8-13(17)16(14)18-15(19)10-12-6-3-2-4-7-12/h2-9H,10-11,17H2,1H3. The van der Waals surface area contributed by atoms with Gasteiger partial charge in [-0.05, 0) is 17.7 Å². The van der Waals surface area contributed by atoms with Gasteiger partial charge in [-0.3, -0.25) is 0 Å². The topological polar surface area (TPSA) is 53.1 Å². The van der Waals surface area contributed by atoms with Crippen LogP contribution in [0.25, 0.3) is 11.0 Å². The average Bonchev–Trinajstić information content (AvgIpc) is 2.80. The first kappa shape index (κ1) is 12.7. The fraction of sp³-hybridized carbons (Fsp3) is 0.188. The molecule has 1 heterocycles. The van der Waals surface area contributed by atoms with Crippen molar-refractivity contribution in [3.8, 4) is 0 Å². The van der Waals surface area contributed by atoms with Crippen LogP contribution in [0.5, 0.6) is 0 Å². The number of fused-ring (bicyclic) bond motifs is 1. The molecule has 0 radical (unpaired) electrons. The van der Waals surface area contributed by atoms with Gasteiger partial charge in [0.05, 0.1) is 11.2 Å². The molecule has 102 valence electrons. The molecule has 3 aromatic rings. The van der Waals surface area contributed by atoms with Crippen molar-refractivity contribution >= 4 is 16.7 Å². The number of para-hydroxylation sites is 1. The monoisotopic (exact) mass is 267 g/mol. The van der Waals surface area contributed by atoms with Gasteiger partial charge in [0.15, 0.2) is 0 Å². The van der Waals surface area contributed by atoms with E-state index in [4.69, 9.17) is 10.5 Å². The Bertz CT molecular complexity index is 719.